The summed E-state index contributed by atoms with van der Waals surface area (Å²) >= 11 is 1.83. The smallest absolute Gasteiger partial charge is 0.309 e. The molecular weight excluding hydrogens is 232 g/mol. The topological polar surface area (TPSA) is 37.3 Å². The molecule has 0 aliphatic carbocycles. The molecule has 1 aromatic carbocycles. The number of carbonyl (C=O) groups is 1. The highest BCUT2D eigenvalue weighted by Gasteiger charge is 2.25. The molecule has 0 aliphatic heterocycles. The summed E-state index contributed by atoms with van der Waals surface area (Å²) < 4.78 is 0. The van der Waals surface area contributed by atoms with Gasteiger partial charge in [-0.2, -0.15) is 0 Å². The second-order valence-corrected chi connectivity index (χ2v) is 5.98. The highest BCUT2D eigenvalue weighted by atomic mass is 32.2. The molecule has 0 saturated heterocycles. The fourth-order valence-electron chi connectivity index (χ4n) is 1.48. The van der Waals surface area contributed by atoms with Gasteiger partial charge in [-0.25, -0.2) is 0 Å². The van der Waals surface area contributed by atoms with Gasteiger partial charge in [0.2, 0.25) is 0 Å². The summed E-state index contributed by atoms with van der Waals surface area (Å²) in [5, 5.41) is 8.97. The molecule has 0 radical (unpaired) electrons. The van der Waals surface area contributed by atoms with Crippen molar-refractivity contribution in [1.29, 1.82) is 0 Å². The third-order valence-corrected chi connectivity index (χ3v) is 3.89. The molecule has 0 amide bonds. The van der Waals surface area contributed by atoms with E-state index in [1.54, 1.807) is 13.8 Å². The predicted octanol–water partition coefficient (Wildman–Crippen LogP) is 4.06. The summed E-state index contributed by atoms with van der Waals surface area (Å²) in [7, 11) is 0. The van der Waals surface area contributed by atoms with E-state index in [0.29, 0.717) is 0 Å². The standard InChI is InChI=1S/C14H20O2S/c1-14(2,13(15)16)10-6-7-11-17-12-8-4-3-5-9-12/h3-5,8-9H,6-7,10-11H2,1-2H3,(H,15,16). The number of carboxylic acid groups (broad SMARTS) is 1. The lowest BCUT2D eigenvalue weighted by atomic mass is 9.88. The van der Waals surface area contributed by atoms with Crippen molar-refractivity contribution < 1.29 is 9.90 Å². The molecule has 0 aromatic heterocycles. The van der Waals surface area contributed by atoms with Gasteiger partial charge in [-0.3, -0.25) is 4.79 Å². The average molecular weight is 252 g/mol. The van der Waals surface area contributed by atoms with Gasteiger partial charge in [0.05, 0.1) is 5.41 Å². The Morgan fingerprint density at radius 2 is 1.88 bits per heavy atom. The van der Waals surface area contributed by atoms with Gasteiger partial charge in [-0.1, -0.05) is 24.6 Å². The van der Waals surface area contributed by atoms with Crippen LogP contribution >= 0.6 is 11.8 Å². The summed E-state index contributed by atoms with van der Waals surface area (Å²) in [6, 6.07) is 10.3. The fourth-order valence-corrected chi connectivity index (χ4v) is 2.42. The Morgan fingerprint density at radius 3 is 2.47 bits per heavy atom. The first-order valence-electron chi connectivity index (χ1n) is 5.93. The van der Waals surface area contributed by atoms with Crippen molar-refractivity contribution >= 4 is 17.7 Å². The molecule has 0 saturated carbocycles. The summed E-state index contributed by atoms with van der Waals surface area (Å²) in [6.45, 7) is 3.58. The summed E-state index contributed by atoms with van der Waals surface area (Å²) in [6.07, 6.45) is 2.78. The van der Waals surface area contributed by atoms with E-state index >= 15 is 0 Å². The number of benzene rings is 1. The normalized spacial score (nSPS) is 11.4. The monoisotopic (exact) mass is 252 g/mol. The molecule has 0 heterocycles. The Hall–Kier alpha value is -0.960. The van der Waals surface area contributed by atoms with Gasteiger partial charge in [0, 0.05) is 4.90 Å². The van der Waals surface area contributed by atoms with Crippen molar-refractivity contribution in [2.45, 2.75) is 38.0 Å². The van der Waals surface area contributed by atoms with E-state index in [4.69, 9.17) is 5.11 Å². The lowest BCUT2D eigenvalue weighted by molar-refractivity contribution is -0.147. The summed E-state index contributed by atoms with van der Waals surface area (Å²) in [4.78, 5) is 12.2. The molecule has 2 nitrogen and oxygen atoms in total. The number of carboxylic acids is 1. The molecule has 1 rings (SSSR count). The Morgan fingerprint density at radius 1 is 1.24 bits per heavy atom. The molecule has 0 atom stereocenters. The van der Waals surface area contributed by atoms with Crippen molar-refractivity contribution in [2.24, 2.45) is 5.41 Å². The zero-order valence-corrected chi connectivity index (χ0v) is 11.3. The van der Waals surface area contributed by atoms with Crippen LogP contribution in [-0.4, -0.2) is 16.8 Å². The van der Waals surface area contributed by atoms with E-state index in [0.717, 1.165) is 25.0 Å². The van der Waals surface area contributed by atoms with Gasteiger partial charge in [0.25, 0.3) is 0 Å². The zero-order chi connectivity index (χ0) is 12.7. The molecule has 0 bridgehead atoms. The second kappa shape index (κ2) is 6.70. The third kappa shape index (κ3) is 5.26. The van der Waals surface area contributed by atoms with Crippen LogP contribution in [0.5, 0.6) is 0 Å². The van der Waals surface area contributed by atoms with Crippen LogP contribution in [0.3, 0.4) is 0 Å². The Kier molecular flexibility index (Phi) is 5.56. The summed E-state index contributed by atoms with van der Waals surface area (Å²) in [5.41, 5.74) is -0.586. The van der Waals surface area contributed by atoms with E-state index in [1.807, 2.05) is 30.0 Å². The molecule has 0 unspecified atom stereocenters. The Balaban J connectivity index is 2.15. The van der Waals surface area contributed by atoms with E-state index in [2.05, 4.69) is 12.1 Å². The molecule has 0 fully saturated rings. The van der Waals surface area contributed by atoms with Gasteiger partial charge < -0.3 is 5.11 Å². The second-order valence-electron chi connectivity index (χ2n) is 4.81. The molecule has 94 valence electrons. The van der Waals surface area contributed by atoms with E-state index in [1.165, 1.54) is 4.90 Å². The van der Waals surface area contributed by atoms with E-state index < -0.39 is 11.4 Å². The minimum absolute atomic E-state index is 0.586. The van der Waals surface area contributed by atoms with Gasteiger partial charge in [0.1, 0.15) is 0 Å². The van der Waals surface area contributed by atoms with Crippen molar-refractivity contribution in [2.75, 3.05) is 5.75 Å². The van der Waals surface area contributed by atoms with Gasteiger partial charge in [-0.05, 0) is 44.6 Å². The number of aliphatic carboxylic acids is 1. The van der Waals surface area contributed by atoms with Crippen molar-refractivity contribution in [3.8, 4) is 0 Å². The molecule has 3 heteroatoms. The van der Waals surface area contributed by atoms with Gasteiger partial charge >= 0.3 is 5.97 Å². The van der Waals surface area contributed by atoms with Crippen LogP contribution in [0.1, 0.15) is 33.1 Å². The molecular formula is C14H20O2S. The highest BCUT2D eigenvalue weighted by Crippen LogP contribution is 2.25. The Labute approximate surface area is 107 Å². The van der Waals surface area contributed by atoms with Crippen LogP contribution in [-0.2, 0) is 4.79 Å². The first-order valence-corrected chi connectivity index (χ1v) is 6.92. The number of rotatable bonds is 7. The zero-order valence-electron chi connectivity index (χ0n) is 10.5. The minimum Gasteiger partial charge on any atom is -0.481 e. The van der Waals surface area contributed by atoms with E-state index in [9.17, 15) is 4.79 Å². The van der Waals surface area contributed by atoms with Gasteiger partial charge in [-0.15, -0.1) is 11.8 Å². The van der Waals surface area contributed by atoms with Crippen LogP contribution in [0.4, 0.5) is 0 Å². The van der Waals surface area contributed by atoms with Crippen LogP contribution in [0.25, 0.3) is 0 Å². The summed E-state index contributed by atoms with van der Waals surface area (Å²) in [5.74, 6) is 0.355. The average Bonchev–Trinajstić information content (AvgIpc) is 2.29. The lowest BCUT2D eigenvalue weighted by Gasteiger charge is -2.18. The predicted molar refractivity (Wildman–Crippen MR) is 72.4 cm³/mol. The van der Waals surface area contributed by atoms with Crippen LogP contribution in [0.2, 0.25) is 0 Å². The van der Waals surface area contributed by atoms with Crippen LogP contribution in [0.15, 0.2) is 35.2 Å². The highest BCUT2D eigenvalue weighted by molar-refractivity contribution is 7.99. The number of hydrogen-bond acceptors (Lipinski definition) is 2. The molecule has 1 aromatic rings. The van der Waals surface area contributed by atoms with Crippen LogP contribution in [0, 0.1) is 5.41 Å². The maximum Gasteiger partial charge on any atom is 0.309 e. The fraction of sp³-hybridized carbons (Fsp3) is 0.500. The lowest BCUT2D eigenvalue weighted by Crippen LogP contribution is -2.23. The molecule has 0 spiro atoms. The Bertz CT molecular complexity index is 346. The third-order valence-electron chi connectivity index (χ3n) is 2.79. The van der Waals surface area contributed by atoms with Crippen molar-refractivity contribution in [1.82, 2.24) is 0 Å². The first kappa shape index (κ1) is 14.1. The largest absolute Gasteiger partial charge is 0.481 e. The van der Waals surface area contributed by atoms with Crippen molar-refractivity contribution in [3.05, 3.63) is 30.3 Å². The maximum atomic E-state index is 10.9. The molecule has 0 aliphatic rings. The number of unbranched alkanes of at least 4 members (excludes halogenated alkanes) is 1. The number of thioether (sulfide) groups is 1. The maximum absolute atomic E-state index is 10.9. The van der Waals surface area contributed by atoms with Gasteiger partial charge in [0.15, 0.2) is 0 Å². The SMILES string of the molecule is CC(C)(CCCCSc1ccccc1)C(=O)O. The van der Waals surface area contributed by atoms with Crippen LogP contribution < -0.4 is 0 Å². The van der Waals surface area contributed by atoms with E-state index in [-0.39, 0.29) is 0 Å². The minimum atomic E-state index is -0.701. The quantitative estimate of drug-likeness (QED) is 0.587. The molecule has 1 N–H and O–H groups in total. The first-order chi connectivity index (χ1) is 8.02. The van der Waals surface area contributed by atoms with Crippen molar-refractivity contribution in [3.63, 3.8) is 0 Å². The number of hydrogen-bond donors (Lipinski definition) is 1. The molecule has 17 heavy (non-hydrogen) atoms.